The van der Waals surface area contributed by atoms with Gasteiger partial charge >= 0.3 is 0 Å². The van der Waals surface area contributed by atoms with Crippen molar-refractivity contribution in [3.63, 3.8) is 0 Å². The average molecular weight is 257 g/mol. The summed E-state index contributed by atoms with van der Waals surface area (Å²) in [7, 11) is 0. The molecule has 0 heterocycles. The predicted octanol–water partition coefficient (Wildman–Crippen LogP) is 4.02. The first kappa shape index (κ1) is 13.8. The summed E-state index contributed by atoms with van der Waals surface area (Å²) in [5.74, 6) is 0.406. The zero-order valence-electron chi connectivity index (χ0n) is 11.3. The number of hydrogen-bond acceptors (Lipinski definition) is 1. The van der Waals surface area contributed by atoms with Crippen LogP contribution in [0.15, 0.2) is 48.5 Å². The van der Waals surface area contributed by atoms with Gasteiger partial charge < -0.3 is 5.73 Å². The van der Waals surface area contributed by atoms with Gasteiger partial charge in [0.1, 0.15) is 5.82 Å². The Bertz CT molecular complexity index is 519. The largest absolute Gasteiger partial charge is 0.330 e. The second kappa shape index (κ2) is 6.48. The summed E-state index contributed by atoms with van der Waals surface area (Å²) >= 11 is 0. The van der Waals surface area contributed by atoms with Crippen LogP contribution in [0.1, 0.15) is 18.9 Å². The minimum absolute atomic E-state index is 0.196. The van der Waals surface area contributed by atoms with E-state index in [-0.39, 0.29) is 5.82 Å². The third kappa shape index (κ3) is 3.90. The number of rotatable bonds is 5. The van der Waals surface area contributed by atoms with E-state index in [9.17, 15) is 4.39 Å². The van der Waals surface area contributed by atoms with Gasteiger partial charge in [0.15, 0.2) is 0 Å². The average Bonchev–Trinajstić information content (AvgIpc) is 2.40. The Morgan fingerprint density at radius 2 is 1.79 bits per heavy atom. The maximum Gasteiger partial charge on any atom is 0.123 e. The highest BCUT2D eigenvalue weighted by Crippen LogP contribution is 2.21. The first-order valence-electron chi connectivity index (χ1n) is 6.74. The fourth-order valence-electron chi connectivity index (χ4n) is 2.29. The van der Waals surface area contributed by atoms with Gasteiger partial charge in [0.2, 0.25) is 0 Å². The van der Waals surface area contributed by atoms with Crippen molar-refractivity contribution in [1.29, 1.82) is 0 Å². The lowest BCUT2D eigenvalue weighted by molar-refractivity contribution is 0.538. The maximum absolute atomic E-state index is 13.2. The summed E-state index contributed by atoms with van der Waals surface area (Å²) in [6.45, 7) is 2.95. The van der Waals surface area contributed by atoms with Crippen molar-refractivity contribution in [3.8, 4) is 11.1 Å². The molecule has 0 saturated heterocycles. The lowest BCUT2D eigenvalue weighted by Gasteiger charge is -2.10. The third-order valence-corrected chi connectivity index (χ3v) is 3.36. The second-order valence-electron chi connectivity index (χ2n) is 5.09. The Morgan fingerprint density at radius 1 is 1.05 bits per heavy atom. The van der Waals surface area contributed by atoms with Crippen molar-refractivity contribution in [1.82, 2.24) is 0 Å². The number of halogens is 1. The molecular formula is C17H20FN. The molecule has 0 aromatic heterocycles. The van der Waals surface area contributed by atoms with Crippen LogP contribution in [0, 0.1) is 11.7 Å². The molecule has 0 fully saturated rings. The van der Waals surface area contributed by atoms with Crippen LogP contribution in [-0.2, 0) is 6.42 Å². The van der Waals surface area contributed by atoms with Crippen molar-refractivity contribution in [2.24, 2.45) is 11.7 Å². The quantitative estimate of drug-likeness (QED) is 0.860. The lowest BCUT2D eigenvalue weighted by atomic mass is 9.96. The molecule has 1 atom stereocenters. The number of benzene rings is 2. The summed E-state index contributed by atoms with van der Waals surface area (Å²) in [6.07, 6.45) is 2.09. The number of nitrogens with two attached hydrogens (primary N) is 1. The van der Waals surface area contributed by atoms with Gasteiger partial charge in [-0.2, -0.15) is 0 Å². The molecule has 0 saturated carbocycles. The van der Waals surface area contributed by atoms with Crippen molar-refractivity contribution in [3.05, 3.63) is 59.9 Å². The molecule has 1 nitrogen and oxygen atoms in total. The van der Waals surface area contributed by atoms with Crippen molar-refractivity contribution < 1.29 is 4.39 Å². The SMILES string of the molecule is CC(CCN)Cc1ccc(-c2cccc(F)c2)cc1. The normalized spacial score (nSPS) is 12.4. The van der Waals surface area contributed by atoms with E-state index in [0.29, 0.717) is 5.92 Å². The van der Waals surface area contributed by atoms with Crippen molar-refractivity contribution >= 4 is 0 Å². The smallest absolute Gasteiger partial charge is 0.123 e. The maximum atomic E-state index is 13.2. The minimum atomic E-state index is -0.196. The summed E-state index contributed by atoms with van der Waals surface area (Å²) in [6, 6.07) is 15.0. The fourth-order valence-corrected chi connectivity index (χ4v) is 2.29. The third-order valence-electron chi connectivity index (χ3n) is 3.36. The molecule has 2 N–H and O–H groups in total. The number of hydrogen-bond donors (Lipinski definition) is 1. The van der Waals surface area contributed by atoms with Crippen LogP contribution in [0.5, 0.6) is 0 Å². The molecule has 0 amide bonds. The molecule has 2 aromatic rings. The van der Waals surface area contributed by atoms with Crippen LogP contribution in [0.3, 0.4) is 0 Å². The second-order valence-corrected chi connectivity index (χ2v) is 5.09. The van der Waals surface area contributed by atoms with Gasteiger partial charge in [0.05, 0.1) is 0 Å². The minimum Gasteiger partial charge on any atom is -0.330 e. The first-order chi connectivity index (χ1) is 9.19. The van der Waals surface area contributed by atoms with Crippen molar-refractivity contribution in [2.75, 3.05) is 6.54 Å². The fraction of sp³-hybridized carbons (Fsp3) is 0.294. The van der Waals surface area contributed by atoms with Gasteiger partial charge in [-0.05, 0) is 54.1 Å². The molecule has 100 valence electrons. The Morgan fingerprint density at radius 3 is 2.42 bits per heavy atom. The zero-order valence-corrected chi connectivity index (χ0v) is 11.3. The predicted molar refractivity (Wildman–Crippen MR) is 78.4 cm³/mol. The molecule has 2 aromatic carbocycles. The van der Waals surface area contributed by atoms with Crippen LogP contribution in [0.4, 0.5) is 4.39 Å². The van der Waals surface area contributed by atoms with E-state index in [0.717, 1.165) is 30.5 Å². The molecule has 0 aliphatic carbocycles. The van der Waals surface area contributed by atoms with Crippen LogP contribution >= 0.6 is 0 Å². The Balaban J connectivity index is 2.10. The highest BCUT2D eigenvalue weighted by atomic mass is 19.1. The highest BCUT2D eigenvalue weighted by Gasteiger charge is 2.04. The highest BCUT2D eigenvalue weighted by molar-refractivity contribution is 5.63. The molecule has 0 radical (unpaired) electrons. The van der Waals surface area contributed by atoms with E-state index in [1.165, 1.54) is 11.6 Å². The van der Waals surface area contributed by atoms with E-state index in [1.807, 2.05) is 6.07 Å². The van der Waals surface area contributed by atoms with Gasteiger partial charge in [-0.15, -0.1) is 0 Å². The molecule has 0 spiro atoms. The standard InChI is InChI=1S/C17H20FN/c1-13(9-10-19)11-14-5-7-15(8-6-14)16-3-2-4-17(18)12-16/h2-8,12-13H,9-11,19H2,1H3. The van der Waals surface area contributed by atoms with Crippen LogP contribution < -0.4 is 5.73 Å². The van der Waals surface area contributed by atoms with Gasteiger partial charge in [-0.3, -0.25) is 0 Å². The molecule has 0 aliphatic rings. The van der Waals surface area contributed by atoms with Gasteiger partial charge in [-0.25, -0.2) is 4.39 Å². The monoisotopic (exact) mass is 257 g/mol. The molecule has 19 heavy (non-hydrogen) atoms. The molecule has 0 bridgehead atoms. The Hall–Kier alpha value is -1.67. The van der Waals surface area contributed by atoms with Crippen LogP contribution in [-0.4, -0.2) is 6.54 Å². The van der Waals surface area contributed by atoms with Crippen LogP contribution in [0.25, 0.3) is 11.1 Å². The Kier molecular flexibility index (Phi) is 4.69. The zero-order chi connectivity index (χ0) is 13.7. The summed E-state index contributed by atoms with van der Waals surface area (Å²) in [5, 5.41) is 0. The van der Waals surface area contributed by atoms with Gasteiger partial charge in [0, 0.05) is 0 Å². The van der Waals surface area contributed by atoms with E-state index < -0.39 is 0 Å². The molecule has 2 rings (SSSR count). The van der Waals surface area contributed by atoms with Gasteiger partial charge in [0.25, 0.3) is 0 Å². The summed E-state index contributed by atoms with van der Waals surface area (Å²) < 4.78 is 13.2. The Labute approximate surface area is 114 Å². The molecule has 1 unspecified atom stereocenters. The van der Waals surface area contributed by atoms with E-state index in [2.05, 4.69) is 31.2 Å². The molecule has 2 heteroatoms. The lowest BCUT2D eigenvalue weighted by Crippen LogP contribution is -2.07. The van der Waals surface area contributed by atoms with E-state index in [4.69, 9.17) is 5.73 Å². The first-order valence-corrected chi connectivity index (χ1v) is 6.74. The van der Waals surface area contributed by atoms with E-state index >= 15 is 0 Å². The summed E-state index contributed by atoms with van der Waals surface area (Å²) in [5.41, 5.74) is 8.84. The molecular weight excluding hydrogens is 237 g/mol. The molecule has 0 aliphatic heterocycles. The topological polar surface area (TPSA) is 26.0 Å². The van der Waals surface area contributed by atoms with Gasteiger partial charge in [-0.1, -0.05) is 43.3 Å². The van der Waals surface area contributed by atoms with Crippen LogP contribution in [0.2, 0.25) is 0 Å². The van der Waals surface area contributed by atoms with Crippen molar-refractivity contribution in [2.45, 2.75) is 19.8 Å². The van der Waals surface area contributed by atoms with E-state index in [1.54, 1.807) is 12.1 Å². The summed E-state index contributed by atoms with van der Waals surface area (Å²) in [4.78, 5) is 0.